The zero-order valence-electron chi connectivity index (χ0n) is 9.80. The van der Waals surface area contributed by atoms with E-state index in [0.29, 0.717) is 13.0 Å². The zero-order valence-corrected chi connectivity index (χ0v) is 10.6. The first kappa shape index (κ1) is 11.8. The average molecular weight is 250 g/mol. The molecule has 2 aromatic heterocycles. The summed E-state index contributed by atoms with van der Waals surface area (Å²) < 4.78 is 1.03. The van der Waals surface area contributed by atoms with Gasteiger partial charge in [-0.1, -0.05) is 0 Å². The van der Waals surface area contributed by atoms with Crippen LogP contribution in [0.3, 0.4) is 0 Å². The second-order valence-electron chi connectivity index (χ2n) is 3.82. The molecule has 0 fully saturated rings. The van der Waals surface area contributed by atoms with Crippen LogP contribution in [-0.4, -0.2) is 41.4 Å². The minimum Gasteiger partial charge on any atom is -0.368 e. The first-order valence-corrected chi connectivity index (χ1v) is 6.18. The van der Waals surface area contributed by atoms with Crippen molar-refractivity contribution in [2.75, 3.05) is 26.0 Å². The Morgan fingerprint density at radius 2 is 2.29 bits per heavy atom. The molecule has 0 aliphatic heterocycles. The molecule has 6 heteroatoms. The van der Waals surface area contributed by atoms with E-state index >= 15 is 0 Å². The molecule has 5 nitrogen and oxygen atoms in total. The highest BCUT2D eigenvalue weighted by Gasteiger charge is 2.06. The molecule has 2 rings (SSSR count). The summed E-state index contributed by atoms with van der Waals surface area (Å²) in [5.41, 5.74) is 0.937. The molecule has 0 saturated carbocycles. The van der Waals surface area contributed by atoms with Crippen molar-refractivity contribution in [3.63, 3.8) is 0 Å². The van der Waals surface area contributed by atoms with Gasteiger partial charge in [0.25, 0.3) is 0 Å². The van der Waals surface area contributed by atoms with E-state index in [1.807, 2.05) is 11.4 Å². The van der Waals surface area contributed by atoms with Crippen molar-refractivity contribution in [1.29, 1.82) is 0 Å². The van der Waals surface area contributed by atoms with E-state index in [1.165, 1.54) is 6.33 Å². The second-order valence-corrected chi connectivity index (χ2v) is 4.74. The lowest BCUT2D eigenvalue weighted by Gasteiger charge is -2.10. The lowest BCUT2D eigenvalue weighted by atomic mass is 10.3. The van der Waals surface area contributed by atoms with Crippen LogP contribution < -0.4 is 5.32 Å². The number of carbonyl (C=O) groups excluding carboxylic acids is 1. The van der Waals surface area contributed by atoms with E-state index in [4.69, 9.17) is 0 Å². The molecule has 0 bridgehead atoms. The van der Waals surface area contributed by atoms with Crippen LogP contribution in [0, 0.1) is 0 Å². The molecular formula is C11H14N4OS. The number of nitrogens with zero attached hydrogens (tertiary/aromatic N) is 3. The molecule has 90 valence electrons. The van der Waals surface area contributed by atoms with E-state index in [2.05, 4.69) is 15.3 Å². The Morgan fingerprint density at radius 3 is 3.06 bits per heavy atom. The van der Waals surface area contributed by atoms with Crippen LogP contribution >= 0.6 is 11.3 Å². The summed E-state index contributed by atoms with van der Waals surface area (Å²) in [5, 5.41) is 5.15. The Morgan fingerprint density at radius 1 is 1.47 bits per heavy atom. The molecule has 2 aromatic rings. The fraction of sp³-hybridized carbons (Fsp3) is 0.364. The van der Waals surface area contributed by atoms with Crippen molar-refractivity contribution in [3.05, 3.63) is 17.8 Å². The molecule has 0 aliphatic rings. The van der Waals surface area contributed by atoms with Crippen LogP contribution in [0.1, 0.15) is 6.42 Å². The monoisotopic (exact) mass is 250 g/mol. The van der Waals surface area contributed by atoms with Crippen LogP contribution in [0.15, 0.2) is 17.8 Å². The highest BCUT2D eigenvalue weighted by molar-refractivity contribution is 7.17. The number of anilines is 1. The topological polar surface area (TPSA) is 58.1 Å². The van der Waals surface area contributed by atoms with Crippen molar-refractivity contribution in [2.45, 2.75) is 6.42 Å². The summed E-state index contributed by atoms with van der Waals surface area (Å²) in [7, 11) is 3.51. The number of thiophene rings is 1. The molecule has 1 amide bonds. The van der Waals surface area contributed by atoms with Crippen LogP contribution in [-0.2, 0) is 4.79 Å². The van der Waals surface area contributed by atoms with Crippen LogP contribution in [0.5, 0.6) is 0 Å². The summed E-state index contributed by atoms with van der Waals surface area (Å²) in [6.45, 7) is 0.584. The number of hydrogen-bond donors (Lipinski definition) is 1. The third-order valence-corrected chi connectivity index (χ3v) is 3.28. The van der Waals surface area contributed by atoms with Gasteiger partial charge in [0.05, 0.1) is 10.2 Å². The fourth-order valence-electron chi connectivity index (χ4n) is 1.43. The minimum atomic E-state index is 0.106. The van der Waals surface area contributed by atoms with Gasteiger partial charge in [-0.15, -0.1) is 11.3 Å². The predicted octanol–water partition coefficient (Wildman–Crippen LogP) is 1.58. The largest absolute Gasteiger partial charge is 0.368 e. The first-order chi connectivity index (χ1) is 8.18. The number of nitrogens with one attached hydrogen (secondary N) is 1. The third-order valence-electron chi connectivity index (χ3n) is 2.37. The summed E-state index contributed by atoms with van der Waals surface area (Å²) in [4.78, 5) is 21.3. The van der Waals surface area contributed by atoms with Gasteiger partial charge in [0.1, 0.15) is 12.1 Å². The van der Waals surface area contributed by atoms with E-state index in [0.717, 1.165) is 16.0 Å². The van der Waals surface area contributed by atoms with Gasteiger partial charge in [0.15, 0.2) is 0 Å². The van der Waals surface area contributed by atoms with Gasteiger partial charge in [-0.3, -0.25) is 4.79 Å². The zero-order chi connectivity index (χ0) is 12.3. The van der Waals surface area contributed by atoms with E-state index in [-0.39, 0.29) is 5.91 Å². The van der Waals surface area contributed by atoms with Crippen molar-refractivity contribution >= 4 is 33.3 Å². The molecule has 1 N–H and O–H groups in total. The van der Waals surface area contributed by atoms with Crippen LogP contribution in [0.2, 0.25) is 0 Å². The Balaban J connectivity index is 1.99. The van der Waals surface area contributed by atoms with E-state index in [9.17, 15) is 4.79 Å². The maximum absolute atomic E-state index is 11.4. The lowest BCUT2D eigenvalue weighted by molar-refractivity contribution is -0.128. The molecule has 0 atom stereocenters. The Hall–Kier alpha value is -1.69. The molecule has 0 saturated heterocycles. The molecule has 2 heterocycles. The van der Waals surface area contributed by atoms with Gasteiger partial charge in [0.2, 0.25) is 5.91 Å². The summed E-state index contributed by atoms with van der Waals surface area (Å²) in [6.07, 6.45) is 2.00. The van der Waals surface area contributed by atoms with Crippen LogP contribution in [0.4, 0.5) is 5.82 Å². The van der Waals surface area contributed by atoms with Gasteiger partial charge >= 0.3 is 0 Å². The standard InChI is InChI=1S/C11H14N4OS/c1-15(2)9(16)3-5-12-11-10-8(4-6-17-10)13-7-14-11/h4,6-7H,3,5H2,1-2H3,(H,12,13,14). The normalized spacial score (nSPS) is 10.5. The van der Waals surface area contributed by atoms with Gasteiger partial charge in [-0.25, -0.2) is 9.97 Å². The maximum atomic E-state index is 11.4. The number of aromatic nitrogens is 2. The third kappa shape index (κ3) is 2.71. The van der Waals surface area contributed by atoms with Crippen molar-refractivity contribution in [3.8, 4) is 0 Å². The summed E-state index contributed by atoms with van der Waals surface area (Å²) >= 11 is 1.60. The molecule has 17 heavy (non-hydrogen) atoms. The summed E-state index contributed by atoms with van der Waals surface area (Å²) in [6, 6.07) is 1.96. The molecule has 0 radical (unpaired) electrons. The smallest absolute Gasteiger partial charge is 0.223 e. The fourth-order valence-corrected chi connectivity index (χ4v) is 2.24. The lowest BCUT2D eigenvalue weighted by Crippen LogP contribution is -2.24. The second kappa shape index (κ2) is 5.09. The Labute approximate surface area is 103 Å². The summed E-state index contributed by atoms with van der Waals surface area (Å²) in [5.74, 6) is 0.908. The highest BCUT2D eigenvalue weighted by Crippen LogP contribution is 2.24. The quantitative estimate of drug-likeness (QED) is 0.895. The van der Waals surface area contributed by atoms with Crippen molar-refractivity contribution < 1.29 is 4.79 Å². The van der Waals surface area contributed by atoms with Crippen LogP contribution in [0.25, 0.3) is 10.2 Å². The van der Waals surface area contributed by atoms with Crippen molar-refractivity contribution in [2.24, 2.45) is 0 Å². The van der Waals surface area contributed by atoms with Gasteiger partial charge in [0, 0.05) is 27.1 Å². The van der Waals surface area contributed by atoms with Gasteiger partial charge in [-0.05, 0) is 11.4 Å². The highest BCUT2D eigenvalue weighted by atomic mass is 32.1. The molecular weight excluding hydrogens is 236 g/mol. The average Bonchev–Trinajstić information content (AvgIpc) is 2.77. The molecule has 0 unspecified atom stereocenters. The number of amides is 1. The first-order valence-electron chi connectivity index (χ1n) is 5.30. The Kier molecular flexibility index (Phi) is 3.53. The Bertz CT molecular complexity index is 523. The predicted molar refractivity (Wildman–Crippen MR) is 69.2 cm³/mol. The molecule has 0 aliphatic carbocycles. The number of rotatable bonds is 4. The van der Waals surface area contributed by atoms with E-state index in [1.54, 1.807) is 30.3 Å². The van der Waals surface area contributed by atoms with Crippen molar-refractivity contribution in [1.82, 2.24) is 14.9 Å². The van der Waals surface area contributed by atoms with Gasteiger partial charge in [-0.2, -0.15) is 0 Å². The molecule has 0 spiro atoms. The number of carbonyl (C=O) groups is 1. The maximum Gasteiger partial charge on any atom is 0.223 e. The number of fused-ring (bicyclic) bond motifs is 1. The van der Waals surface area contributed by atoms with Gasteiger partial charge < -0.3 is 10.2 Å². The minimum absolute atomic E-state index is 0.106. The van der Waals surface area contributed by atoms with E-state index < -0.39 is 0 Å². The number of hydrogen-bond acceptors (Lipinski definition) is 5. The SMILES string of the molecule is CN(C)C(=O)CCNc1ncnc2ccsc12. The molecule has 0 aromatic carbocycles.